The van der Waals surface area contributed by atoms with E-state index in [4.69, 9.17) is 0 Å². The van der Waals surface area contributed by atoms with Crippen LogP contribution in [-0.4, -0.2) is 26.1 Å². The van der Waals surface area contributed by atoms with E-state index in [0.29, 0.717) is 5.92 Å². The summed E-state index contributed by atoms with van der Waals surface area (Å²) in [6.07, 6.45) is 12.3. The van der Waals surface area contributed by atoms with Crippen LogP contribution in [0.5, 0.6) is 0 Å². The first-order chi connectivity index (χ1) is 10.6. The average molecular weight is 317 g/mol. The van der Waals surface area contributed by atoms with E-state index >= 15 is 0 Å². The van der Waals surface area contributed by atoms with Crippen molar-refractivity contribution in [2.45, 2.75) is 40.0 Å². The van der Waals surface area contributed by atoms with E-state index in [1.54, 1.807) is 0 Å². The lowest BCUT2D eigenvalue weighted by molar-refractivity contribution is 0.698. The van der Waals surface area contributed by atoms with Crippen molar-refractivity contribution in [3.05, 3.63) is 45.0 Å². The molecule has 0 saturated heterocycles. The molecule has 0 radical (unpaired) electrons. The molecule has 1 unspecified atom stereocenters. The number of rotatable bonds is 5. The van der Waals surface area contributed by atoms with Gasteiger partial charge in [0.2, 0.25) is 0 Å². The van der Waals surface area contributed by atoms with Gasteiger partial charge in [-0.2, -0.15) is 0 Å². The number of likely N-dealkylation sites (N-methyl/N-ethyl adjacent to an activating group) is 1. The molecule has 0 aromatic rings. The topological polar surface area (TPSA) is 24.4 Å². The predicted molar refractivity (Wildman–Crippen MR) is 101 cm³/mol. The molecule has 120 valence electrons. The lowest BCUT2D eigenvalue weighted by Gasteiger charge is -2.29. The van der Waals surface area contributed by atoms with Crippen molar-refractivity contribution >= 4 is 18.0 Å². The third kappa shape index (κ3) is 3.47. The number of thioether (sulfide) groups is 1. The van der Waals surface area contributed by atoms with Crippen LogP contribution in [0.15, 0.2) is 50.0 Å². The zero-order valence-electron chi connectivity index (χ0n) is 14.5. The van der Waals surface area contributed by atoms with Gasteiger partial charge in [-0.25, -0.2) is 0 Å². The van der Waals surface area contributed by atoms with Gasteiger partial charge in [0.25, 0.3) is 0 Å². The second-order valence-electron chi connectivity index (χ2n) is 6.00. The molecule has 0 aromatic carbocycles. The fourth-order valence-electron chi connectivity index (χ4n) is 3.34. The van der Waals surface area contributed by atoms with Crippen molar-refractivity contribution in [2.75, 3.05) is 19.8 Å². The molecule has 2 nitrogen and oxygen atoms in total. The molecule has 1 N–H and O–H groups in total. The van der Waals surface area contributed by atoms with Gasteiger partial charge in [-0.3, -0.25) is 4.99 Å². The molecule has 1 atom stereocenters. The summed E-state index contributed by atoms with van der Waals surface area (Å²) < 4.78 is 0. The quantitative estimate of drug-likeness (QED) is 0.731. The molecule has 0 bridgehead atoms. The van der Waals surface area contributed by atoms with Crippen LogP contribution in [0.1, 0.15) is 40.0 Å². The third-order valence-electron chi connectivity index (χ3n) is 4.39. The first-order valence-electron chi connectivity index (χ1n) is 8.15. The van der Waals surface area contributed by atoms with Crippen molar-refractivity contribution in [3.8, 4) is 0 Å². The van der Waals surface area contributed by atoms with Gasteiger partial charge in [-0.15, -0.1) is 11.8 Å². The molecule has 2 rings (SSSR count). The minimum atomic E-state index is 0.620. The van der Waals surface area contributed by atoms with Crippen molar-refractivity contribution in [1.29, 1.82) is 0 Å². The van der Waals surface area contributed by atoms with E-state index in [2.05, 4.69) is 42.6 Å². The normalized spacial score (nSPS) is 23.2. The largest absolute Gasteiger partial charge is 0.316 e. The molecular formula is C19H28N2S. The number of nitrogens with one attached hydrogen (secondary N) is 1. The number of nitrogens with zero attached hydrogens (tertiary/aromatic N) is 1. The number of hydrogen-bond acceptors (Lipinski definition) is 3. The lowest BCUT2D eigenvalue weighted by Crippen LogP contribution is -2.20. The van der Waals surface area contributed by atoms with E-state index in [1.165, 1.54) is 32.9 Å². The number of aliphatic imine (C=N–C) groups is 1. The highest BCUT2D eigenvalue weighted by atomic mass is 32.2. The predicted octanol–water partition coefficient (Wildman–Crippen LogP) is 4.87. The highest BCUT2D eigenvalue weighted by Gasteiger charge is 2.25. The Balaban J connectivity index is 2.50. The minimum absolute atomic E-state index is 0.620. The zero-order valence-corrected chi connectivity index (χ0v) is 15.3. The molecule has 2 aliphatic rings. The molecule has 22 heavy (non-hydrogen) atoms. The first-order valence-corrected chi connectivity index (χ1v) is 9.38. The Bertz CT molecular complexity index is 576. The summed E-state index contributed by atoms with van der Waals surface area (Å²) in [5.74, 6) is 0.620. The van der Waals surface area contributed by atoms with Crippen LogP contribution in [0, 0.1) is 5.92 Å². The van der Waals surface area contributed by atoms with E-state index in [-0.39, 0.29) is 0 Å². The van der Waals surface area contributed by atoms with E-state index < -0.39 is 0 Å². The van der Waals surface area contributed by atoms with Gasteiger partial charge in [-0.1, -0.05) is 19.1 Å². The van der Waals surface area contributed by atoms with Crippen molar-refractivity contribution in [3.63, 3.8) is 0 Å². The number of hydrogen-bond donors (Lipinski definition) is 1. The molecule has 0 aromatic heterocycles. The molecule has 0 aliphatic heterocycles. The Morgan fingerprint density at radius 2 is 2.14 bits per heavy atom. The van der Waals surface area contributed by atoms with Crippen LogP contribution in [0.4, 0.5) is 0 Å². The van der Waals surface area contributed by atoms with Gasteiger partial charge < -0.3 is 5.32 Å². The Morgan fingerprint density at radius 1 is 1.36 bits per heavy atom. The van der Waals surface area contributed by atoms with Crippen molar-refractivity contribution < 1.29 is 0 Å². The Kier molecular flexibility index (Phi) is 6.27. The molecule has 0 spiro atoms. The maximum absolute atomic E-state index is 4.68. The highest BCUT2D eigenvalue weighted by Crippen LogP contribution is 2.42. The minimum Gasteiger partial charge on any atom is -0.316 e. The van der Waals surface area contributed by atoms with Gasteiger partial charge in [0.1, 0.15) is 0 Å². The molecule has 0 saturated carbocycles. The first kappa shape index (κ1) is 17.3. The summed E-state index contributed by atoms with van der Waals surface area (Å²) in [4.78, 5) is 6.21. The van der Waals surface area contributed by atoms with Gasteiger partial charge in [0.15, 0.2) is 0 Å². The molecule has 0 heterocycles. The standard InChI is InChI=1S/C19H28N2S/c1-6-21-18-13(2)8-7-9-16(18)15-11-10-14(3)19(22-5)17(15)12-20-4/h6,9,11,14,20H,7-8,10,12H2,1-5H3/b21-6-. The van der Waals surface area contributed by atoms with Gasteiger partial charge >= 0.3 is 0 Å². The number of allylic oxidation sites excluding steroid dienone is 5. The second-order valence-corrected chi connectivity index (χ2v) is 6.85. The summed E-state index contributed by atoms with van der Waals surface area (Å²) >= 11 is 1.90. The van der Waals surface area contributed by atoms with Crippen LogP contribution < -0.4 is 5.32 Å². The SMILES string of the molecule is C/C=N\C1=C(C)CCC=C1C1=CCC(C)C(SC)=C1CNC. The van der Waals surface area contributed by atoms with E-state index in [0.717, 1.165) is 25.8 Å². The van der Waals surface area contributed by atoms with Crippen LogP contribution in [0.25, 0.3) is 0 Å². The summed E-state index contributed by atoms with van der Waals surface area (Å²) in [6.45, 7) is 7.47. The molecule has 3 heteroatoms. The van der Waals surface area contributed by atoms with Gasteiger partial charge in [0, 0.05) is 18.3 Å². The fourth-order valence-corrected chi connectivity index (χ4v) is 4.26. The summed E-state index contributed by atoms with van der Waals surface area (Å²) in [5, 5.41) is 3.36. The van der Waals surface area contributed by atoms with Crippen LogP contribution in [-0.2, 0) is 0 Å². The molecule has 0 amide bonds. The van der Waals surface area contributed by atoms with E-state index in [1.807, 2.05) is 31.9 Å². The second kappa shape index (κ2) is 7.98. The van der Waals surface area contributed by atoms with Crippen molar-refractivity contribution in [2.24, 2.45) is 10.9 Å². The molecular weight excluding hydrogens is 288 g/mol. The van der Waals surface area contributed by atoms with Gasteiger partial charge in [0.05, 0.1) is 5.70 Å². The molecule has 0 fully saturated rings. The Labute approximate surface area is 139 Å². The monoisotopic (exact) mass is 316 g/mol. The Morgan fingerprint density at radius 3 is 2.77 bits per heavy atom. The maximum atomic E-state index is 4.68. The third-order valence-corrected chi connectivity index (χ3v) is 5.48. The fraction of sp³-hybridized carbons (Fsp3) is 0.526. The van der Waals surface area contributed by atoms with Crippen LogP contribution in [0.3, 0.4) is 0 Å². The van der Waals surface area contributed by atoms with E-state index in [9.17, 15) is 0 Å². The van der Waals surface area contributed by atoms with Gasteiger partial charge in [-0.05, 0) is 74.0 Å². The highest BCUT2D eigenvalue weighted by molar-refractivity contribution is 8.02. The lowest BCUT2D eigenvalue weighted by atomic mass is 9.82. The Hall–Kier alpha value is -1.06. The van der Waals surface area contributed by atoms with Crippen LogP contribution in [0.2, 0.25) is 0 Å². The van der Waals surface area contributed by atoms with Crippen molar-refractivity contribution in [1.82, 2.24) is 5.32 Å². The summed E-state index contributed by atoms with van der Waals surface area (Å²) in [6, 6.07) is 0. The average Bonchev–Trinajstić information content (AvgIpc) is 2.51. The summed E-state index contributed by atoms with van der Waals surface area (Å²) in [5.41, 5.74) is 6.79. The summed E-state index contributed by atoms with van der Waals surface area (Å²) in [7, 11) is 2.03. The molecule has 2 aliphatic carbocycles. The maximum Gasteiger partial charge on any atom is 0.0690 e. The zero-order chi connectivity index (χ0) is 16.1. The smallest absolute Gasteiger partial charge is 0.0690 e. The van der Waals surface area contributed by atoms with Crippen LogP contribution >= 0.6 is 11.8 Å².